The van der Waals surface area contributed by atoms with Crippen LogP contribution in [0.25, 0.3) is 22.5 Å². The summed E-state index contributed by atoms with van der Waals surface area (Å²) >= 11 is 3.42. The summed E-state index contributed by atoms with van der Waals surface area (Å²) in [5.74, 6) is 1.58. The molecule has 106 valence electrons. The minimum Gasteiger partial charge on any atom is -0.496 e. The van der Waals surface area contributed by atoms with Crippen LogP contribution in [0.1, 0.15) is 0 Å². The summed E-state index contributed by atoms with van der Waals surface area (Å²) in [4.78, 5) is 4.01. The summed E-state index contributed by atoms with van der Waals surface area (Å²) in [5, 5.41) is 3.88. The molecular formula is C15H12BrN3O2. The fourth-order valence-corrected chi connectivity index (χ4v) is 2.48. The van der Waals surface area contributed by atoms with E-state index >= 15 is 0 Å². The molecule has 0 unspecified atom stereocenters. The van der Waals surface area contributed by atoms with Gasteiger partial charge in [0.25, 0.3) is 0 Å². The van der Waals surface area contributed by atoms with E-state index in [-0.39, 0.29) is 0 Å². The Labute approximate surface area is 129 Å². The number of rotatable bonds is 3. The van der Waals surface area contributed by atoms with E-state index in [0.29, 0.717) is 17.3 Å². The van der Waals surface area contributed by atoms with Gasteiger partial charge in [-0.15, -0.1) is 0 Å². The summed E-state index contributed by atoms with van der Waals surface area (Å²) < 4.78 is 11.8. The number of nitrogens with two attached hydrogens (primary N) is 1. The van der Waals surface area contributed by atoms with Gasteiger partial charge in [-0.1, -0.05) is 21.1 Å². The zero-order valence-electron chi connectivity index (χ0n) is 11.2. The Bertz CT molecular complexity index is 772. The van der Waals surface area contributed by atoms with Gasteiger partial charge < -0.3 is 15.0 Å². The van der Waals surface area contributed by atoms with Gasteiger partial charge in [-0.2, -0.15) is 0 Å². The van der Waals surface area contributed by atoms with Crippen LogP contribution in [-0.4, -0.2) is 17.3 Å². The lowest BCUT2D eigenvalue weighted by Crippen LogP contribution is -1.91. The summed E-state index contributed by atoms with van der Waals surface area (Å²) in [6.45, 7) is 0. The molecule has 2 N–H and O–H groups in total. The van der Waals surface area contributed by atoms with Crippen LogP contribution in [0.15, 0.2) is 51.7 Å². The van der Waals surface area contributed by atoms with Crippen molar-refractivity contribution in [3.8, 4) is 28.2 Å². The second kappa shape index (κ2) is 5.57. The molecular weight excluding hydrogens is 334 g/mol. The standard InChI is InChI=1S/C15H12BrN3O2/c1-20-12-8-10(16)2-3-11(12)14-13(15(17)19-21-14)9-4-6-18-7-5-9/h2-8H,1H3,(H2,17,19). The van der Waals surface area contributed by atoms with Crippen molar-refractivity contribution in [3.63, 3.8) is 0 Å². The Morgan fingerprint density at radius 2 is 1.95 bits per heavy atom. The first kappa shape index (κ1) is 13.6. The van der Waals surface area contributed by atoms with E-state index in [1.165, 1.54) is 0 Å². The molecule has 5 nitrogen and oxygen atoms in total. The predicted octanol–water partition coefficient (Wildman–Crippen LogP) is 3.76. The van der Waals surface area contributed by atoms with Crippen molar-refractivity contribution in [2.24, 2.45) is 0 Å². The van der Waals surface area contributed by atoms with E-state index in [4.69, 9.17) is 15.0 Å². The molecule has 3 aromatic rings. The van der Waals surface area contributed by atoms with Crippen molar-refractivity contribution in [3.05, 3.63) is 47.2 Å². The normalized spacial score (nSPS) is 10.6. The molecule has 0 bridgehead atoms. The maximum Gasteiger partial charge on any atom is 0.180 e. The number of aromatic nitrogens is 2. The van der Waals surface area contributed by atoms with E-state index in [1.807, 2.05) is 30.3 Å². The molecule has 2 heterocycles. The van der Waals surface area contributed by atoms with Crippen molar-refractivity contribution in [1.29, 1.82) is 0 Å². The van der Waals surface area contributed by atoms with E-state index in [9.17, 15) is 0 Å². The van der Waals surface area contributed by atoms with Gasteiger partial charge in [-0.3, -0.25) is 4.98 Å². The molecule has 0 spiro atoms. The van der Waals surface area contributed by atoms with Gasteiger partial charge >= 0.3 is 0 Å². The highest BCUT2D eigenvalue weighted by Crippen LogP contribution is 2.41. The summed E-state index contributed by atoms with van der Waals surface area (Å²) in [6, 6.07) is 9.39. The number of pyridine rings is 1. The molecule has 2 aromatic heterocycles. The molecule has 21 heavy (non-hydrogen) atoms. The third-order valence-electron chi connectivity index (χ3n) is 3.10. The van der Waals surface area contributed by atoms with Crippen LogP contribution in [0, 0.1) is 0 Å². The molecule has 0 saturated heterocycles. The molecule has 0 aliphatic heterocycles. The second-order valence-corrected chi connectivity index (χ2v) is 5.27. The SMILES string of the molecule is COc1cc(Br)ccc1-c1onc(N)c1-c1ccncc1. The molecule has 0 fully saturated rings. The van der Waals surface area contributed by atoms with Crippen LogP contribution >= 0.6 is 15.9 Å². The Morgan fingerprint density at radius 1 is 1.19 bits per heavy atom. The third kappa shape index (κ3) is 2.50. The van der Waals surface area contributed by atoms with Gasteiger partial charge in [0, 0.05) is 16.9 Å². The van der Waals surface area contributed by atoms with E-state index in [0.717, 1.165) is 21.2 Å². The molecule has 0 saturated carbocycles. The number of anilines is 1. The first-order valence-corrected chi connectivity index (χ1v) is 6.99. The van der Waals surface area contributed by atoms with Crippen LogP contribution in [0.5, 0.6) is 5.75 Å². The highest BCUT2D eigenvalue weighted by atomic mass is 79.9. The average molecular weight is 346 g/mol. The lowest BCUT2D eigenvalue weighted by atomic mass is 10.0. The lowest BCUT2D eigenvalue weighted by molar-refractivity contribution is 0.407. The van der Waals surface area contributed by atoms with Crippen LogP contribution in [-0.2, 0) is 0 Å². The van der Waals surface area contributed by atoms with Crippen molar-refractivity contribution in [2.45, 2.75) is 0 Å². The van der Waals surface area contributed by atoms with Crippen LogP contribution in [0.2, 0.25) is 0 Å². The summed E-state index contributed by atoms with van der Waals surface area (Å²) in [5.41, 5.74) is 8.37. The van der Waals surface area contributed by atoms with Crippen molar-refractivity contribution in [2.75, 3.05) is 12.8 Å². The van der Waals surface area contributed by atoms with Crippen molar-refractivity contribution < 1.29 is 9.26 Å². The molecule has 0 atom stereocenters. The van der Waals surface area contributed by atoms with Crippen LogP contribution < -0.4 is 10.5 Å². The largest absolute Gasteiger partial charge is 0.496 e. The number of hydrogen-bond acceptors (Lipinski definition) is 5. The third-order valence-corrected chi connectivity index (χ3v) is 3.59. The number of methoxy groups -OCH3 is 1. The maximum absolute atomic E-state index is 5.96. The second-order valence-electron chi connectivity index (χ2n) is 4.35. The molecule has 1 aromatic carbocycles. The fraction of sp³-hybridized carbons (Fsp3) is 0.0667. The zero-order valence-corrected chi connectivity index (χ0v) is 12.8. The van der Waals surface area contributed by atoms with Gasteiger partial charge in [0.05, 0.1) is 18.2 Å². The highest BCUT2D eigenvalue weighted by Gasteiger charge is 2.20. The van der Waals surface area contributed by atoms with Gasteiger partial charge in [-0.05, 0) is 35.9 Å². The van der Waals surface area contributed by atoms with Crippen molar-refractivity contribution >= 4 is 21.7 Å². The van der Waals surface area contributed by atoms with E-state index < -0.39 is 0 Å². The topological polar surface area (TPSA) is 74.2 Å². The predicted molar refractivity (Wildman–Crippen MR) is 83.8 cm³/mol. The number of nitrogens with zero attached hydrogens (tertiary/aromatic N) is 2. The molecule has 3 rings (SSSR count). The molecule has 0 aliphatic rings. The van der Waals surface area contributed by atoms with E-state index in [1.54, 1.807) is 19.5 Å². The molecule has 0 radical (unpaired) electrons. The van der Waals surface area contributed by atoms with Gasteiger partial charge in [0.15, 0.2) is 11.6 Å². The number of hydrogen-bond donors (Lipinski definition) is 1. The Morgan fingerprint density at radius 3 is 2.67 bits per heavy atom. The zero-order chi connectivity index (χ0) is 14.8. The first-order chi connectivity index (χ1) is 10.2. The highest BCUT2D eigenvalue weighted by molar-refractivity contribution is 9.10. The number of benzene rings is 1. The molecule has 0 amide bonds. The smallest absolute Gasteiger partial charge is 0.180 e. The van der Waals surface area contributed by atoms with E-state index in [2.05, 4.69) is 26.1 Å². The maximum atomic E-state index is 5.96. The Balaban J connectivity index is 2.21. The Hall–Kier alpha value is -2.34. The monoisotopic (exact) mass is 345 g/mol. The van der Waals surface area contributed by atoms with Crippen LogP contribution in [0.4, 0.5) is 5.82 Å². The van der Waals surface area contributed by atoms with Gasteiger partial charge in [0.1, 0.15) is 5.75 Å². The molecule has 6 heteroatoms. The average Bonchev–Trinajstić information content (AvgIpc) is 2.89. The van der Waals surface area contributed by atoms with Gasteiger partial charge in [-0.25, -0.2) is 0 Å². The fourth-order valence-electron chi connectivity index (χ4n) is 2.14. The summed E-state index contributed by atoms with van der Waals surface area (Å²) in [6.07, 6.45) is 3.40. The summed E-state index contributed by atoms with van der Waals surface area (Å²) in [7, 11) is 1.61. The number of halogens is 1. The Kier molecular flexibility index (Phi) is 3.62. The quantitative estimate of drug-likeness (QED) is 0.782. The first-order valence-electron chi connectivity index (χ1n) is 6.20. The van der Waals surface area contributed by atoms with Crippen molar-refractivity contribution in [1.82, 2.24) is 10.1 Å². The minimum absolute atomic E-state index is 0.334. The number of ether oxygens (including phenoxy) is 1. The van der Waals surface area contributed by atoms with Crippen LogP contribution in [0.3, 0.4) is 0 Å². The minimum atomic E-state index is 0.334. The molecule has 0 aliphatic carbocycles. The lowest BCUT2D eigenvalue weighted by Gasteiger charge is -2.08. The number of nitrogen functional groups attached to an aromatic ring is 1. The van der Waals surface area contributed by atoms with Gasteiger partial charge in [0.2, 0.25) is 0 Å².